The molecule has 0 atom stereocenters. The number of rotatable bonds is 4. The molecule has 0 saturated carbocycles. The predicted octanol–water partition coefficient (Wildman–Crippen LogP) is 4.63. The lowest BCUT2D eigenvalue weighted by atomic mass is 10.2. The molecule has 1 aromatic heterocycles. The number of esters is 1. The maximum absolute atomic E-state index is 11.7. The molecule has 0 aliphatic heterocycles. The maximum Gasteiger partial charge on any atom is 0.354 e. The molecule has 2 aromatic rings. The van der Waals surface area contributed by atoms with Crippen LogP contribution in [0.1, 0.15) is 6.92 Å². The molecule has 1 heterocycles. The minimum atomic E-state index is -0.406. The van der Waals surface area contributed by atoms with E-state index in [1.165, 1.54) is 18.4 Å². The normalized spacial score (nSPS) is 11.4. The van der Waals surface area contributed by atoms with E-state index in [0.717, 1.165) is 11.3 Å². The van der Waals surface area contributed by atoms with Crippen LogP contribution in [0.25, 0.3) is 11.3 Å². The Morgan fingerprint density at radius 1 is 1.36 bits per heavy atom. The zero-order valence-corrected chi connectivity index (χ0v) is 14.6. The molecular weight excluding hydrogens is 343 g/mol. The Balaban J connectivity index is 2.31. The number of thiazole rings is 1. The van der Waals surface area contributed by atoms with Crippen LogP contribution in [0, 0.1) is 0 Å². The molecule has 0 amide bonds. The summed E-state index contributed by atoms with van der Waals surface area (Å²) in [4.78, 5) is 18.0. The molecule has 0 aliphatic carbocycles. The van der Waals surface area contributed by atoms with E-state index >= 15 is 0 Å². The number of benzene rings is 1. The van der Waals surface area contributed by atoms with Crippen LogP contribution in [0.4, 0.5) is 5.13 Å². The van der Waals surface area contributed by atoms with Crippen molar-refractivity contribution in [1.29, 1.82) is 0 Å². The van der Waals surface area contributed by atoms with E-state index in [0.29, 0.717) is 20.9 Å². The first-order valence-electron chi connectivity index (χ1n) is 6.37. The third kappa shape index (κ3) is 3.43. The molecule has 4 nitrogen and oxygen atoms in total. The molecule has 7 heteroatoms. The van der Waals surface area contributed by atoms with Crippen molar-refractivity contribution < 1.29 is 9.53 Å². The number of hydrogen-bond donors (Lipinski definition) is 0. The van der Waals surface area contributed by atoms with Crippen molar-refractivity contribution in [3.8, 4) is 11.3 Å². The van der Waals surface area contributed by atoms with E-state index in [1.54, 1.807) is 37.1 Å². The summed E-state index contributed by atoms with van der Waals surface area (Å²) in [5.41, 5.74) is 2.06. The van der Waals surface area contributed by atoms with Gasteiger partial charge in [-0.15, -0.1) is 11.3 Å². The molecule has 116 valence electrons. The summed E-state index contributed by atoms with van der Waals surface area (Å²) in [5, 5.41) is 3.56. The lowest BCUT2D eigenvalue weighted by Crippen LogP contribution is -2.23. The number of hydrogen-bond acceptors (Lipinski definition) is 5. The molecule has 0 bridgehead atoms. The van der Waals surface area contributed by atoms with Crippen LogP contribution >= 0.6 is 34.5 Å². The summed E-state index contributed by atoms with van der Waals surface area (Å²) < 4.78 is 4.76. The summed E-state index contributed by atoms with van der Waals surface area (Å²) in [6.07, 6.45) is 1.69. The monoisotopic (exact) mass is 356 g/mol. The van der Waals surface area contributed by atoms with Crippen molar-refractivity contribution in [3.05, 3.63) is 45.4 Å². The summed E-state index contributed by atoms with van der Waals surface area (Å²) >= 11 is 13.4. The van der Waals surface area contributed by atoms with Crippen LogP contribution in [0.2, 0.25) is 10.0 Å². The van der Waals surface area contributed by atoms with Gasteiger partial charge in [0, 0.05) is 18.0 Å². The molecule has 0 radical (unpaired) electrons. The summed E-state index contributed by atoms with van der Waals surface area (Å²) in [6, 6.07) is 5.34. The average molecular weight is 357 g/mol. The van der Waals surface area contributed by atoms with Gasteiger partial charge in [0.1, 0.15) is 5.70 Å². The fourth-order valence-electron chi connectivity index (χ4n) is 1.86. The fourth-order valence-corrected chi connectivity index (χ4v) is 2.97. The quantitative estimate of drug-likeness (QED) is 0.591. The average Bonchev–Trinajstić information content (AvgIpc) is 3.00. The van der Waals surface area contributed by atoms with Gasteiger partial charge in [-0.05, 0) is 19.1 Å². The molecule has 0 saturated heterocycles. The highest BCUT2D eigenvalue weighted by Crippen LogP contribution is 2.32. The largest absolute Gasteiger partial charge is 0.464 e. The van der Waals surface area contributed by atoms with Gasteiger partial charge in [0.25, 0.3) is 0 Å². The predicted molar refractivity (Wildman–Crippen MR) is 91.7 cm³/mol. The topological polar surface area (TPSA) is 42.4 Å². The summed E-state index contributed by atoms with van der Waals surface area (Å²) in [7, 11) is 3.12. The summed E-state index contributed by atoms with van der Waals surface area (Å²) in [5.74, 6) is -0.406. The molecule has 1 aromatic carbocycles. The van der Waals surface area contributed by atoms with Crippen molar-refractivity contribution in [3.63, 3.8) is 0 Å². The van der Waals surface area contributed by atoms with Crippen LogP contribution in [0.5, 0.6) is 0 Å². The molecule has 0 aliphatic rings. The van der Waals surface area contributed by atoms with E-state index < -0.39 is 5.97 Å². The van der Waals surface area contributed by atoms with Gasteiger partial charge in [0.2, 0.25) is 0 Å². The van der Waals surface area contributed by atoms with E-state index in [9.17, 15) is 4.79 Å². The number of allylic oxidation sites excluding steroid dienone is 1. The lowest BCUT2D eigenvalue weighted by molar-refractivity contribution is -0.136. The smallest absolute Gasteiger partial charge is 0.354 e. The van der Waals surface area contributed by atoms with E-state index in [4.69, 9.17) is 27.9 Å². The number of carbonyl (C=O) groups excluding carboxylic acids is 1. The van der Waals surface area contributed by atoms with Gasteiger partial charge < -0.3 is 9.64 Å². The van der Waals surface area contributed by atoms with Crippen molar-refractivity contribution in [1.82, 2.24) is 4.98 Å². The van der Waals surface area contributed by atoms with Crippen LogP contribution in [0.15, 0.2) is 35.4 Å². The number of carbonyl (C=O) groups is 1. The van der Waals surface area contributed by atoms with Gasteiger partial charge in [-0.25, -0.2) is 9.78 Å². The second-order valence-electron chi connectivity index (χ2n) is 4.37. The second-order valence-corrected chi connectivity index (χ2v) is 6.02. The number of anilines is 1. The first-order valence-corrected chi connectivity index (χ1v) is 8.00. The molecule has 22 heavy (non-hydrogen) atoms. The van der Waals surface area contributed by atoms with Gasteiger partial charge in [-0.3, -0.25) is 0 Å². The maximum atomic E-state index is 11.7. The Bertz CT molecular complexity index is 728. The minimum Gasteiger partial charge on any atom is -0.464 e. The molecular formula is C15H14Cl2N2O2S. The molecule has 0 fully saturated rings. The van der Waals surface area contributed by atoms with Gasteiger partial charge >= 0.3 is 5.97 Å². The third-order valence-electron chi connectivity index (χ3n) is 3.02. The highest BCUT2D eigenvalue weighted by atomic mass is 35.5. The first kappa shape index (κ1) is 16.8. The van der Waals surface area contributed by atoms with Crippen LogP contribution in [0.3, 0.4) is 0 Å². The van der Waals surface area contributed by atoms with Crippen molar-refractivity contribution in [2.45, 2.75) is 6.92 Å². The fraction of sp³-hybridized carbons (Fsp3) is 0.200. The molecule has 0 unspecified atom stereocenters. The Kier molecular flexibility index (Phi) is 5.45. The molecule has 0 N–H and O–H groups in total. The number of likely N-dealkylation sites (N-methyl/N-ethyl adjacent to an activating group) is 1. The molecule has 0 spiro atoms. The van der Waals surface area contributed by atoms with Gasteiger partial charge in [-0.2, -0.15) is 0 Å². The van der Waals surface area contributed by atoms with Crippen LogP contribution < -0.4 is 4.90 Å². The first-order chi connectivity index (χ1) is 10.5. The zero-order valence-electron chi connectivity index (χ0n) is 12.3. The van der Waals surface area contributed by atoms with Gasteiger partial charge in [0.05, 0.1) is 22.8 Å². The number of ether oxygens (including phenoxy) is 1. The number of aromatic nitrogens is 1. The van der Waals surface area contributed by atoms with E-state index in [2.05, 4.69) is 4.98 Å². The number of nitrogens with zero attached hydrogens (tertiary/aromatic N) is 2. The summed E-state index contributed by atoms with van der Waals surface area (Å²) in [6.45, 7) is 1.77. The number of halogens is 2. The lowest BCUT2D eigenvalue weighted by Gasteiger charge is -2.17. The van der Waals surface area contributed by atoms with E-state index in [-0.39, 0.29) is 0 Å². The Labute approximate surface area is 142 Å². The highest BCUT2D eigenvalue weighted by molar-refractivity contribution is 7.14. The molecule has 2 rings (SSSR count). The van der Waals surface area contributed by atoms with Crippen molar-refractivity contribution in [2.75, 3.05) is 19.1 Å². The highest BCUT2D eigenvalue weighted by Gasteiger charge is 2.18. The van der Waals surface area contributed by atoms with E-state index in [1.807, 2.05) is 11.4 Å². The third-order valence-corrected chi connectivity index (χ3v) is 4.68. The van der Waals surface area contributed by atoms with Crippen LogP contribution in [-0.2, 0) is 9.53 Å². The minimum absolute atomic E-state index is 0.406. The Morgan fingerprint density at radius 3 is 2.68 bits per heavy atom. The van der Waals surface area contributed by atoms with Gasteiger partial charge in [0.15, 0.2) is 5.13 Å². The van der Waals surface area contributed by atoms with Gasteiger partial charge in [-0.1, -0.05) is 35.3 Å². The van der Waals surface area contributed by atoms with Crippen LogP contribution in [-0.4, -0.2) is 25.1 Å². The van der Waals surface area contributed by atoms with Crippen molar-refractivity contribution in [2.24, 2.45) is 0 Å². The standard InChI is InChI=1S/C15H14Cl2N2O2S/c1-4-13(14(20)21-3)19(2)15-18-12(8-22-15)9-5-6-10(16)11(17)7-9/h4-8H,1-3H3. The van der Waals surface area contributed by atoms with Crippen molar-refractivity contribution >= 4 is 45.6 Å². The zero-order chi connectivity index (χ0) is 16.3. The Morgan fingerprint density at radius 2 is 2.09 bits per heavy atom. The second kappa shape index (κ2) is 7.13. The number of methoxy groups -OCH3 is 1. The Hall–Kier alpha value is -1.56. The SMILES string of the molecule is CC=C(C(=O)OC)N(C)c1nc(-c2ccc(Cl)c(Cl)c2)cs1.